The Hall–Kier alpha value is -3.09. The van der Waals surface area contributed by atoms with Crippen molar-refractivity contribution in [1.29, 1.82) is 0 Å². The summed E-state index contributed by atoms with van der Waals surface area (Å²) >= 11 is 0. The van der Waals surface area contributed by atoms with E-state index in [2.05, 4.69) is 4.98 Å². The van der Waals surface area contributed by atoms with E-state index < -0.39 is 4.92 Å². The monoisotopic (exact) mass is 313 g/mol. The van der Waals surface area contributed by atoms with Gasteiger partial charge in [-0.3, -0.25) is 10.1 Å². The molecule has 0 amide bonds. The van der Waals surface area contributed by atoms with Gasteiger partial charge in [-0.2, -0.15) is 0 Å². The van der Waals surface area contributed by atoms with Crippen LogP contribution in [0.3, 0.4) is 0 Å². The Morgan fingerprint density at radius 1 is 1.17 bits per heavy atom. The van der Waals surface area contributed by atoms with Gasteiger partial charge in [0.1, 0.15) is 11.5 Å². The smallest absolute Gasteiger partial charge is 0.271 e. The summed E-state index contributed by atoms with van der Waals surface area (Å²) in [5, 5.41) is 10.8. The minimum atomic E-state index is -0.426. The second-order valence-electron chi connectivity index (χ2n) is 4.98. The summed E-state index contributed by atoms with van der Waals surface area (Å²) in [6.45, 7) is 0.543. The molecule has 3 aromatic rings. The number of hydrogen-bond donors (Lipinski definition) is 0. The summed E-state index contributed by atoms with van der Waals surface area (Å²) < 4.78 is 12.5. The molecule has 1 aromatic heterocycles. The summed E-state index contributed by atoms with van der Waals surface area (Å²) in [5.74, 6) is 1.44. The number of nitro benzene ring substituents is 1. The zero-order chi connectivity index (χ0) is 16.4. The highest BCUT2D eigenvalue weighted by molar-refractivity contribution is 5.78. The molecule has 0 fully saturated rings. The lowest BCUT2D eigenvalue weighted by molar-refractivity contribution is -0.384. The van der Waals surface area contributed by atoms with Crippen molar-refractivity contribution in [1.82, 2.24) is 9.55 Å². The number of rotatable bonds is 5. The third-order valence-electron chi connectivity index (χ3n) is 3.65. The minimum absolute atomic E-state index is 0.0322. The van der Waals surface area contributed by atoms with Crippen molar-refractivity contribution in [3.8, 4) is 11.5 Å². The summed E-state index contributed by atoms with van der Waals surface area (Å²) in [4.78, 5) is 14.6. The standard InChI is InChI=1S/C16H15N3O4/c1-22-13-5-3-11(16(8-13)23-2)9-18-10-17-14-7-12(19(20)21)4-6-15(14)18/h3-8,10H,9H2,1-2H3. The lowest BCUT2D eigenvalue weighted by atomic mass is 10.2. The number of hydrogen-bond acceptors (Lipinski definition) is 5. The van der Waals surface area contributed by atoms with Crippen molar-refractivity contribution >= 4 is 16.7 Å². The fraction of sp³-hybridized carbons (Fsp3) is 0.188. The molecule has 7 heteroatoms. The van der Waals surface area contributed by atoms with Crippen molar-refractivity contribution < 1.29 is 14.4 Å². The van der Waals surface area contributed by atoms with E-state index >= 15 is 0 Å². The molecule has 0 aliphatic rings. The largest absolute Gasteiger partial charge is 0.497 e. The number of aromatic nitrogens is 2. The van der Waals surface area contributed by atoms with Crippen LogP contribution < -0.4 is 9.47 Å². The number of benzene rings is 2. The number of nitro groups is 1. The van der Waals surface area contributed by atoms with Gasteiger partial charge >= 0.3 is 0 Å². The van der Waals surface area contributed by atoms with Gasteiger partial charge < -0.3 is 14.0 Å². The SMILES string of the molecule is COc1ccc(Cn2cnc3cc([N+](=O)[O-])ccc32)c(OC)c1. The second-order valence-corrected chi connectivity index (χ2v) is 4.98. The molecule has 0 aliphatic carbocycles. The number of non-ortho nitro benzene ring substituents is 1. The highest BCUT2D eigenvalue weighted by atomic mass is 16.6. The van der Waals surface area contributed by atoms with Gasteiger partial charge in [0.05, 0.1) is 43.0 Å². The first kappa shape index (κ1) is 14.8. The topological polar surface area (TPSA) is 79.4 Å². The predicted molar refractivity (Wildman–Crippen MR) is 85.0 cm³/mol. The molecule has 0 saturated carbocycles. The summed E-state index contributed by atoms with van der Waals surface area (Å²) in [6.07, 6.45) is 1.66. The molecule has 2 aromatic carbocycles. The highest BCUT2D eigenvalue weighted by Crippen LogP contribution is 2.27. The van der Waals surface area contributed by atoms with Gasteiger partial charge in [-0.15, -0.1) is 0 Å². The van der Waals surface area contributed by atoms with Crippen LogP contribution in [0.15, 0.2) is 42.7 Å². The molecule has 1 heterocycles. The van der Waals surface area contributed by atoms with E-state index in [9.17, 15) is 10.1 Å². The molecule has 0 N–H and O–H groups in total. The molecule has 23 heavy (non-hydrogen) atoms. The van der Waals surface area contributed by atoms with E-state index in [1.165, 1.54) is 12.1 Å². The molecule has 0 unspecified atom stereocenters. The number of nitrogens with zero attached hydrogens (tertiary/aromatic N) is 3. The Balaban J connectivity index is 1.97. The molecule has 118 valence electrons. The van der Waals surface area contributed by atoms with E-state index in [4.69, 9.17) is 9.47 Å². The third-order valence-corrected chi connectivity index (χ3v) is 3.65. The molecular formula is C16H15N3O4. The Kier molecular flexibility index (Phi) is 3.84. The molecular weight excluding hydrogens is 298 g/mol. The molecule has 0 saturated heterocycles. The average Bonchev–Trinajstić information content (AvgIpc) is 2.97. The van der Waals surface area contributed by atoms with Crippen LogP contribution in [0.25, 0.3) is 11.0 Å². The Morgan fingerprint density at radius 2 is 2.00 bits per heavy atom. The van der Waals surface area contributed by atoms with Crippen LogP contribution in [0.5, 0.6) is 11.5 Å². The van der Waals surface area contributed by atoms with Gasteiger partial charge in [-0.1, -0.05) is 0 Å². The molecule has 0 bridgehead atoms. The van der Waals surface area contributed by atoms with Gasteiger partial charge in [0.2, 0.25) is 0 Å². The van der Waals surface area contributed by atoms with Gasteiger partial charge in [0, 0.05) is 23.8 Å². The van der Waals surface area contributed by atoms with Crippen LogP contribution in [0.4, 0.5) is 5.69 Å². The van der Waals surface area contributed by atoms with Crippen molar-refractivity contribution in [2.75, 3.05) is 14.2 Å². The molecule has 0 spiro atoms. The van der Waals surface area contributed by atoms with Gasteiger partial charge in [0.15, 0.2) is 0 Å². The first-order valence-corrected chi connectivity index (χ1v) is 6.92. The molecule has 3 rings (SSSR count). The zero-order valence-corrected chi connectivity index (χ0v) is 12.7. The van der Waals surface area contributed by atoms with Crippen LogP contribution in [0, 0.1) is 10.1 Å². The maximum absolute atomic E-state index is 10.8. The van der Waals surface area contributed by atoms with Crippen molar-refractivity contribution in [2.24, 2.45) is 0 Å². The first-order valence-electron chi connectivity index (χ1n) is 6.92. The average molecular weight is 313 g/mol. The molecule has 7 nitrogen and oxygen atoms in total. The minimum Gasteiger partial charge on any atom is -0.497 e. The molecule has 0 radical (unpaired) electrons. The van der Waals surface area contributed by atoms with E-state index in [0.29, 0.717) is 17.8 Å². The highest BCUT2D eigenvalue weighted by Gasteiger charge is 2.12. The van der Waals surface area contributed by atoms with Gasteiger partial charge in [-0.25, -0.2) is 4.98 Å². The lowest BCUT2D eigenvalue weighted by Gasteiger charge is -2.11. The van der Waals surface area contributed by atoms with Gasteiger partial charge in [0.25, 0.3) is 5.69 Å². The maximum atomic E-state index is 10.8. The second kappa shape index (κ2) is 5.96. The van der Waals surface area contributed by atoms with Gasteiger partial charge in [-0.05, 0) is 18.2 Å². The fourth-order valence-electron chi connectivity index (χ4n) is 2.46. The first-order chi connectivity index (χ1) is 11.1. The van der Waals surface area contributed by atoms with Crippen LogP contribution in [0.2, 0.25) is 0 Å². The lowest BCUT2D eigenvalue weighted by Crippen LogP contribution is -2.01. The predicted octanol–water partition coefficient (Wildman–Crippen LogP) is 3.01. The number of ether oxygens (including phenoxy) is 2. The fourth-order valence-corrected chi connectivity index (χ4v) is 2.46. The molecule has 0 aliphatic heterocycles. The van der Waals surface area contributed by atoms with Crippen molar-refractivity contribution in [3.63, 3.8) is 0 Å². The third kappa shape index (κ3) is 2.80. The number of methoxy groups -OCH3 is 2. The van der Waals surface area contributed by atoms with Crippen molar-refractivity contribution in [3.05, 3.63) is 58.4 Å². The number of fused-ring (bicyclic) bond motifs is 1. The summed E-state index contributed by atoms with van der Waals surface area (Å²) in [5.41, 5.74) is 2.41. The molecule has 0 atom stereocenters. The van der Waals surface area contributed by atoms with E-state index in [1.54, 1.807) is 26.6 Å². The van der Waals surface area contributed by atoms with Crippen LogP contribution in [-0.4, -0.2) is 28.7 Å². The van der Waals surface area contributed by atoms with E-state index in [1.807, 2.05) is 22.8 Å². The zero-order valence-electron chi connectivity index (χ0n) is 12.7. The van der Waals surface area contributed by atoms with Crippen molar-refractivity contribution in [2.45, 2.75) is 6.54 Å². The number of imidazole rings is 1. The quantitative estimate of drug-likeness (QED) is 0.534. The summed E-state index contributed by atoms with van der Waals surface area (Å²) in [7, 11) is 3.21. The Labute approximate surface area is 132 Å². The maximum Gasteiger partial charge on any atom is 0.271 e. The van der Waals surface area contributed by atoms with E-state index in [0.717, 1.165) is 16.8 Å². The van der Waals surface area contributed by atoms with E-state index in [-0.39, 0.29) is 5.69 Å². The summed E-state index contributed by atoms with van der Waals surface area (Å²) in [6, 6.07) is 10.3. The Bertz CT molecular complexity index is 873. The van der Waals surface area contributed by atoms with Crippen LogP contribution in [0.1, 0.15) is 5.56 Å². The normalized spacial score (nSPS) is 10.7. The van der Waals surface area contributed by atoms with Crippen LogP contribution in [-0.2, 0) is 6.54 Å². The Morgan fingerprint density at radius 3 is 2.70 bits per heavy atom. The van der Waals surface area contributed by atoms with Crippen LogP contribution >= 0.6 is 0 Å².